The van der Waals surface area contributed by atoms with Crippen LogP contribution in [-0.2, 0) is 27.7 Å². The smallest absolute Gasteiger partial charge is 0.337 e. The number of methoxy groups -OCH3 is 1. The average molecular weight is 336 g/mol. The van der Waals surface area contributed by atoms with Crippen LogP contribution in [0.5, 0.6) is 0 Å². The molecule has 7 heteroatoms. The molecule has 0 bridgehead atoms. The van der Waals surface area contributed by atoms with Gasteiger partial charge in [0.2, 0.25) is 10.0 Å². The number of carbonyl (C=O) groups is 1. The molecule has 3 rings (SSSR count). The first-order valence-electron chi connectivity index (χ1n) is 7.67. The lowest BCUT2D eigenvalue weighted by Gasteiger charge is -2.22. The maximum absolute atomic E-state index is 12.5. The Bertz CT molecular complexity index is 883. The summed E-state index contributed by atoms with van der Waals surface area (Å²) in [6, 6.07) is 3.42. The third kappa shape index (κ3) is 2.39. The van der Waals surface area contributed by atoms with E-state index in [9.17, 15) is 13.2 Å². The Labute approximate surface area is 135 Å². The SMILES string of the molecule is CCc1cn2c3c(cc(C(=O)OC)cc13)N(CC)S(=O)(=O)CC2. The fraction of sp³-hybridized carbons (Fsp3) is 0.438. The Balaban J connectivity index is 2.40. The van der Waals surface area contributed by atoms with Crippen molar-refractivity contribution in [2.24, 2.45) is 0 Å². The molecule has 0 radical (unpaired) electrons. The standard InChI is InChI=1S/C16H20N2O4S/c1-4-11-10-17-6-7-23(20,21)18(5-2)14-9-12(16(19)22-3)8-13(11)15(14)17/h8-10H,4-7H2,1-3H3. The molecule has 0 spiro atoms. The number of hydrogen-bond acceptors (Lipinski definition) is 4. The van der Waals surface area contributed by atoms with Crippen LogP contribution in [0, 0.1) is 0 Å². The molecule has 23 heavy (non-hydrogen) atoms. The van der Waals surface area contributed by atoms with Gasteiger partial charge in [0.05, 0.1) is 29.6 Å². The zero-order chi connectivity index (χ0) is 16.8. The largest absolute Gasteiger partial charge is 0.465 e. The van der Waals surface area contributed by atoms with E-state index in [1.54, 1.807) is 19.1 Å². The van der Waals surface area contributed by atoms with E-state index in [0.29, 0.717) is 24.3 Å². The van der Waals surface area contributed by atoms with E-state index in [1.165, 1.54) is 11.4 Å². The second kappa shape index (κ2) is 5.56. The van der Waals surface area contributed by atoms with Crippen molar-refractivity contribution >= 4 is 32.6 Å². The van der Waals surface area contributed by atoms with Crippen LogP contribution < -0.4 is 4.31 Å². The van der Waals surface area contributed by atoms with Crippen LogP contribution in [-0.4, -0.2) is 38.4 Å². The Morgan fingerprint density at radius 3 is 2.65 bits per heavy atom. The van der Waals surface area contributed by atoms with Gasteiger partial charge in [-0.15, -0.1) is 0 Å². The Kier molecular flexibility index (Phi) is 3.83. The molecule has 1 aromatic heterocycles. The van der Waals surface area contributed by atoms with Gasteiger partial charge in [-0.05, 0) is 31.0 Å². The van der Waals surface area contributed by atoms with Crippen molar-refractivity contribution in [2.75, 3.05) is 23.7 Å². The Morgan fingerprint density at radius 1 is 1.30 bits per heavy atom. The van der Waals surface area contributed by atoms with Crippen molar-refractivity contribution in [3.8, 4) is 0 Å². The van der Waals surface area contributed by atoms with Crippen LogP contribution in [0.15, 0.2) is 18.3 Å². The summed E-state index contributed by atoms with van der Waals surface area (Å²) < 4.78 is 33.3. The summed E-state index contributed by atoms with van der Waals surface area (Å²) in [4.78, 5) is 12.0. The normalized spacial score (nSPS) is 16.4. The molecule has 1 aromatic carbocycles. The molecule has 0 aliphatic carbocycles. The molecule has 2 aromatic rings. The third-order valence-corrected chi connectivity index (χ3v) is 6.14. The van der Waals surface area contributed by atoms with Crippen LogP contribution >= 0.6 is 0 Å². The second-order valence-corrected chi connectivity index (χ2v) is 7.58. The fourth-order valence-electron chi connectivity index (χ4n) is 3.21. The van der Waals surface area contributed by atoms with Crippen LogP contribution in [0.3, 0.4) is 0 Å². The van der Waals surface area contributed by atoms with E-state index in [4.69, 9.17) is 4.74 Å². The quantitative estimate of drug-likeness (QED) is 0.806. The first kappa shape index (κ1) is 15.9. The van der Waals surface area contributed by atoms with Gasteiger partial charge < -0.3 is 9.30 Å². The minimum Gasteiger partial charge on any atom is -0.465 e. The number of nitrogens with zero attached hydrogens (tertiary/aromatic N) is 2. The number of aromatic nitrogens is 1. The predicted molar refractivity (Wildman–Crippen MR) is 89.5 cm³/mol. The molecule has 124 valence electrons. The van der Waals surface area contributed by atoms with Crippen molar-refractivity contribution in [3.05, 3.63) is 29.5 Å². The predicted octanol–water partition coefficient (Wildman–Crippen LogP) is 2.16. The zero-order valence-electron chi connectivity index (χ0n) is 13.5. The second-order valence-electron chi connectivity index (χ2n) is 5.57. The molecule has 0 fully saturated rings. The molecule has 0 unspecified atom stereocenters. The lowest BCUT2D eigenvalue weighted by atomic mass is 10.1. The van der Waals surface area contributed by atoms with Crippen molar-refractivity contribution < 1.29 is 17.9 Å². The minimum absolute atomic E-state index is 0.0516. The Hall–Kier alpha value is -2.02. The number of benzene rings is 1. The summed E-state index contributed by atoms with van der Waals surface area (Å²) in [5.74, 6) is -0.411. The summed E-state index contributed by atoms with van der Waals surface area (Å²) >= 11 is 0. The highest BCUT2D eigenvalue weighted by Gasteiger charge is 2.29. The summed E-state index contributed by atoms with van der Waals surface area (Å²) in [7, 11) is -2.08. The van der Waals surface area contributed by atoms with Gasteiger partial charge in [0.25, 0.3) is 0 Å². The van der Waals surface area contributed by atoms with E-state index >= 15 is 0 Å². The van der Waals surface area contributed by atoms with Crippen LogP contribution in [0.2, 0.25) is 0 Å². The number of carbonyl (C=O) groups excluding carboxylic acids is 1. The van der Waals surface area contributed by atoms with Gasteiger partial charge in [-0.3, -0.25) is 4.31 Å². The van der Waals surface area contributed by atoms with Crippen LogP contribution in [0.1, 0.15) is 29.8 Å². The lowest BCUT2D eigenvalue weighted by molar-refractivity contribution is 0.0601. The lowest BCUT2D eigenvalue weighted by Crippen LogP contribution is -2.32. The van der Waals surface area contributed by atoms with Gasteiger partial charge >= 0.3 is 5.97 Å². The summed E-state index contributed by atoms with van der Waals surface area (Å²) in [5.41, 5.74) is 2.90. The average Bonchev–Trinajstić information content (AvgIpc) is 2.85. The molecule has 1 aliphatic heterocycles. The third-order valence-electron chi connectivity index (χ3n) is 4.32. The van der Waals surface area contributed by atoms with Crippen LogP contribution in [0.4, 0.5) is 5.69 Å². The molecular formula is C16H20N2O4S. The summed E-state index contributed by atoms with van der Waals surface area (Å²) in [5, 5.41) is 0.918. The number of ether oxygens (including phenoxy) is 1. The molecule has 0 atom stereocenters. The van der Waals surface area contributed by atoms with Crippen molar-refractivity contribution in [1.29, 1.82) is 0 Å². The van der Waals surface area contributed by atoms with Crippen molar-refractivity contribution in [1.82, 2.24) is 4.57 Å². The van der Waals surface area contributed by atoms with Crippen molar-refractivity contribution in [3.63, 3.8) is 0 Å². The first-order valence-corrected chi connectivity index (χ1v) is 9.28. The van der Waals surface area contributed by atoms with E-state index in [1.807, 2.05) is 17.7 Å². The van der Waals surface area contributed by atoms with E-state index in [2.05, 4.69) is 0 Å². The number of anilines is 1. The highest BCUT2D eigenvalue weighted by molar-refractivity contribution is 7.92. The highest BCUT2D eigenvalue weighted by Crippen LogP contribution is 2.36. The molecule has 0 N–H and O–H groups in total. The van der Waals surface area contributed by atoms with Crippen molar-refractivity contribution in [2.45, 2.75) is 26.8 Å². The Morgan fingerprint density at radius 2 is 2.04 bits per heavy atom. The van der Waals surface area contributed by atoms with E-state index < -0.39 is 16.0 Å². The monoisotopic (exact) mass is 336 g/mol. The van der Waals surface area contributed by atoms with Gasteiger partial charge in [-0.2, -0.15) is 0 Å². The number of sulfonamides is 1. The van der Waals surface area contributed by atoms with Gasteiger partial charge in [0.1, 0.15) is 0 Å². The number of rotatable bonds is 3. The molecule has 0 saturated heterocycles. The first-order chi connectivity index (χ1) is 10.9. The van der Waals surface area contributed by atoms with E-state index in [-0.39, 0.29) is 5.75 Å². The molecule has 2 heterocycles. The topological polar surface area (TPSA) is 68.6 Å². The number of hydrogen-bond donors (Lipinski definition) is 0. The molecule has 0 amide bonds. The maximum atomic E-state index is 12.5. The molecule has 1 aliphatic rings. The van der Waals surface area contributed by atoms with Gasteiger partial charge in [-0.1, -0.05) is 6.92 Å². The highest BCUT2D eigenvalue weighted by atomic mass is 32.2. The van der Waals surface area contributed by atoms with Crippen LogP contribution in [0.25, 0.3) is 10.9 Å². The fourth-order valence-corrected chi connectivity index (χ4v) is 4.69. The zero-order valence-corrected chi connectivity index (χ0v) is 14.3. The van der Waals surface area contributed by atoms with Gasteiger partial charge in [0, 0.05) is 24.7 Å². The van der Waals surface area contributed by atoms with Gasteiger partial charge in [0.15, 0.2) is 0 Å². The molecule has 0 saturated carbocycles. The van der Waals surface area contributed by atoms with Gasteiger partial charge in [-0.25, -0.2) is 13.2 Å². The molecular weight excluding hydrogens is 316 g/mol. The molecule has 6 nitrogen and oxygen atoms in total. The number of esters is 1. The summed E-state index contributed by atoms with van der Waals surface area (Å²) in [6.45, 7) is 4.59. The van der Waals surface area contributed by atoms with E-state index in [0.717, 1.165) is 22.9 Å². The maximum Gasteiger partial charge on any atom is 0.337 e. The number of aryl methyl sites for hydroxylation is 2. The summed E-state index contributed by atoms with van der Waals surface area (Å²) in [6.07, 6.45) is 2.80. The minimum atomic E-state index is -3.40.